The van der Waals surface area contributed by atoms with Gasteiger partial charge in [-0.25, -0.2) is 0 Å². The molecule has 0 saturated heterocycles. The molecule has 0 radical (unpaired) electrons. The Morgan fingerprint density at radius 3 is 2.38 bits per heavy atom. The normalized spacial score (nSPS) is 19.4. The fraction of sp³-hybridized carbons (Fsp3) is 0.600. The molecule has 0 amide bonds. The van der Waals surface area contributed by atoms with E-state index < -0.39 is 5.60 Å². The molecule has 0 spiro atoms. The largest absolute Gasteiger partial charge is 0.385 e. The molecule has 1 aliphatic rings. The summed E-state index contributed by atoms with van der Waals surface area (Å²) >= 11 is 0. The molecular weight excluding hydrogens is 196 g/mol. The molecule has 1 fully saturated rings. The summed E-state index contributed by atoms with van der Waals surface area (Å²) in [5, 5.41) is 10.4. The van der Waals surface area contributed by atoms with Crippen molar-refractivity contribution in [1.29, 1.82) is 0 Å². The molecular formula is C15H22O. The number of hydrogen-bond donors (Lipinski definition) is 1. The van der Waals surface area contributed by atoms with Crippen molar-refractivity contribution in [1.82, 2.24) is 0 Å². The average molecular weight is 218 g/mol. The van der Waals surface area contributed by atoms with E-state index in [1.807, 2.05) is 6.92 Å². The second kappa shape index (κ2) is 4.58. The van der Waals surface area contributed by atoms with Gasteiger partial charge in [-0.05, 0) is 43.2 Å². The highest BCUT2D eigenvalue weighted by Gasteiger charge is 2.28. The van der Waals surface area contributed by atoms with Gasteiger partial charge in [0, 0.05) is 0 Å². The van der Waals surface area contributed by atoms with Gasteiger partial charge in [0.2, 0.25) is 0 Å². The zero-order chi connectivity index (χ0) is 11.6. The van der Waals surface area contributed by atoms with Crippen LogP contribution in [0.2, 0.25) is 0 Å². The summed E-state index contributed by atoms with van der Waals surface area (Å²) in [7, 11) is 0. The molecule has 16 heavy (non-hydrogen) atoms. The third-order valence-electron chi connectivity index (χ3n) is 3.72. The third-order valence-corrected chi connectivity index (χ3v) is 3.72. The molecule has 0 aromatic heterocycles. The first-order valence-electron chi connectivity index (χ1n) is 6.43. The van der Waals surface area contributed by atoms with Crippen LogP contribution < -0.4 is 0 Å². The van der Waals surface area contributed by atoms with Gasteiger partial charge in [0.25, 0.3) is 0 Å². The van der Waals surface area contributed by atoms with Crippen molar-refractivity contribution < 1.29 is 5.11 Å². The first-order valence-corrected chi connectivity index (χ1v) is 6.43. The zero-order valence-corrected chi connectivity index (χ0v) is 10.4. The number of aryl methyl sites for hydroxylation is 1. The molecule has 1 aliphatic carbocycles. The molecule has 0 bridgehead atoms. The SMILES string of the molecule is CCc1ccc(C(C)(O)CCC2CC2)cc1. The van der Waals surface area contributed by atoms with Crippen molar-refractivity contribution in [3.63, 3.8) is 0 Å². The summed E-state index contributed by atoms with van der Waals surface area (Å²) in [6, 6.07) is 8.40. The van der Waals surface area contributed by atoms with Crippen LogP contribution >= 0.6 is 0 Å². The standard InChI is InChI=1S/C15H22O/c1-3-12-6-8-14(9-7-12)15(2,16)11-10-13-4-5-13/h6-9,13,16H,3-5,10-11H2,1-2H3. The van der Waals surface area contributed by atoms with Gasteiger partial charge >= 0.3 is 0 Å². The Hall–Kier alpha value is -0.820. The zero-order valence-electron chi connectivity index (χ0n) is 10.4. The minimum Gasteiger partial charge on any atom is -0.385 e. The van der Waals surface area contributed by atoms with Crippen LogP contribution in [0.5, 0.6) is 0 Å². The van der Waals surface area contributed by atoms with E-state index in [1.54, 1.807) is 0 Å². The molecule has 1 heteroatoms. The van der Waals surface area contributed by atoms with Crippen LogP contribution in [0.3, 0.4) is 0 Å². The molecule has 1 N–H and O–H groups in total. The van der Waals surface area contributed by atoms with E-state index in [-0.39, 0.29) is 0 Å². The lowest BCUT2D eigenvalue weighted by molar-refractivity contribution is 0.0439. The lowest BCUT2D eigenvalue weighted by atomic mass is 9.89. The second-order valence-corrected chi connectivity index (χ2v) is 5.31. The van der Waals surface area contributed by atoms with E-state index in [0.29, 0.717) is 0 Å². The summed E-state index contributed by atoms with van der Waals surface area (Å²) in [5.74, 6) is 0.890. The van der Waals surface area contributed by atoms with Gasteiger partial charge in [-0.15, -0.1) is 0 Å². The van der Waals surface area contributed by atoms with Crippen molar-refractivity contribution in [3.05, 3.63) is 35.4 Å². The maximum atomic E-state index is 10.4. The quantitative estimate of drug-likeness (QED) is 0.800. The Morgan fingerprint density at radius 1 is 1.25 bits per heavy atom. The van der Waals surface area contributed by atoms with Gasteiger partial charge in [-0.2, -0.15) is 0 Å². The molecule has 0 heterocycles. The van der Waals surface area contributed by atoms with Crippen molar-refractivity contribution in [2.75, 3.05) is 0 Å². The van der Waals surface area contributed by atoms with Crippen LogP contribution in [0.15, 0.2) is 24.3 Å². The lowest BCUT2D eigenvalue weighted by Crippen LogP contribution is -2.21. The number of benzene rings is 1. The van der Waals surface area contributed by atoms with Crippen LogP contribution in [-0.4, -0.2) is 5.11 Å². The Bertz CT molecular complexity index is 333. The molecule has 88 valence electrons. The van der Waals surface area contributed by atoms with Crippen LogP contribution in [0.25, 0.3) is 0 Å². The first kappa shape index (κ1) is 11.7. The predicted octanol–water partition coefficient (Wildman–Crippen LogP) is 3.65. The fourth-order valence-electron chi connectivity index (χ4n) is 2.14. The molecule has 1 nitrogen and oxygen atoms in total. The summed E-state index contributed by atoms with van der Waals surface area (Å²) in [4.78, 5) is 0. The predicted molar refractivity (Wildman–Crippen MR) is 67.3 cm³/mol. The van der Waals surface area contributed by atoms with Gasteiger partial charge in [0.1, 0.15) is 0 Å². The van der Waals surface area contributed by atoms with Gasteiger partial charge in [-0.3, -0.25) is 0 Å². The van der Waals surface area contributed by atoms with Crippen LogP contribution in [0, 0.1) is 5.92 Å². The van der Waals surface area contributed by atoms with E-state index in [9.17, 15) is 5.11 Å². The number of hydrogen-bond acceptors (Lipinski definition) is 1. The van der Waals surface area contributed by atoms with Gasteiger partial charge < -0.3 is 5.11 Å². The van der Waals surface area contributed by atoms with Crippen LogP contribution in [0.1, 0.15) is 50.7 Å². The van der Waals surface area contributed by atoms with Crippen molar-refractivity contribution in [2.45, 2.75) is 51.6 Å². The van der Waals surface area contributed by atoms with E-state index >= 15 is 0 Å². The average Bonchev–Trinajstić information content (AvgIpc) is 3.10. The van der Waals surface area contributed by atoms with Gasteiger partial charge in [0.05, 0.1) is 5.60 Å². The highest BCUT2D eigenvalue weighted by molar-refractivity contribution is 5.26. The Kier molecular flexibility index (Phi) is 3.34. The second-order valence-electron chi connectivity index (χ2n) is 5.31. The van der Waals surface area contributed by atoms with Crippen molar-refractivity contribution >= 4 is 0 Å². The summed E-state index contributed by atoms with van der Waals surface area (Å²) in [5.41, 5.74) is 1.75. The third kappa shape index (κ3) is 2.85. The highest BCUT2D eigenvalue weighted by Crippen LogP contribution is 2.37. The lowest BCUT2D eigenvalue weighted by Gasteiger charge is -2.24. The topological polar surface area (TPSA) is 20.2 Å². The minimum atomic E-state index is -0.644. The summed E-state index contributed by atoms with van der Waals surface area (Å²) < 4.78 is 0. The van der Waals surface area contributed by atoms with E-state index in [2.05, 4.69) is 31.2 Å². The molecule has 2 rings (SSSR count). The Morgan fingerprint density at radius 2 is 1.88 bits per heavy atom. The van der Waals surface area contributed by atoms with Crippen LogP contribution in [-0.2, 0) is 12.0 Å². The maximum absolute atomic E-state index is 10.4. The Labute approximate surface area is 98.5 Å². The monoisotopic (exact) mass is 218 g/mol. The fourth-order valence-corrected chi connectivity index (χ4v) is 2.14. The number of rotatable bonds is 5. The van der Waals surface area contributed by atoms with Crippen molar-refractivity contribution in [3.8, 4) is 0 Å². The van der Waals surface area contributed by atoms with E-state index in [0.717, 1.165) is 24.3 Å². The Balaban J connectivity index is 2.01. The van der Waals surface area contributed by atoms with E-state index in [4.69, 9.17) is 0 Å². The minimum absolute atomic E-state index is 0.644. The van der Waals surface area contributed by atoms with Crippen LogP contribution in [0.4, 0.5) is 0 Å². The molecule has 1 aromatic carbocycles. The molecule has 1 saturated carbocycles. The van der Waals surface area contributed by atoms with E-state index in [1.165, 1.54) is 24.8 Å². The molecule has 1 unspecified atom stereocenters. The van der Waals surface area contributed by atoms with Gasteiger partial charge in [-0.1, -0.05) is 44.0 Å². The highest BCUT2D eigenvalue weighted by atomic mass is 16.3. The van der Waals surface area contributed by atoms with Crippen molar-refractivity contribution in [2.24, 2.45) is 5.92 Å². The molecule has 1 aromatic rings. The first-order chi connectivity index (χ1) is 7.62. The van der Waals surface area contributed by atoms with Gasteiger partial charge in [0.15, 0.2) is 0 Å². The summed E-state index contributed by atoms with van der Waals surface area (Å²) in [6.07, 6.45) is 5.85. The number of aliphatic hydroxyl groups is 1. The maximum Gasteiger partial charge on any atom is 0.0868 e. The summed E-state index contributed by atoms with van der Waals surface area (Å²) in [6.45, 7) is 4.09. The molecule has 0 aliphatic heterocycles. The molecule has 1 atom stereocenters. The smallest absolute Gasteiger partial charge is 0.0868 e.